The maximum atomic E-state index is 11.3. The van der Waals surface area contributed by atoms with Crippen molar-refractivity contribution in [3.63, 3.8) is 0 Å². The highest BCUT2D eigenvalue weighted by molar-refractivity contribution is 5.81. The molecule has 1 aromatic carbocycles. The molecule has 0 aliphatic rings. The van der Waals surface area contributed by atoms with E-state index in [0.29, 0.717) is 6.42 Å². The number of carbonyl (C=O) groups excluding carboxylic acids is 1. The van der Waals surface area contributed by atoms with E-state index in [1.165, 1.54) is 11.1 Å². The average molecular weight is 201 g/mol. The Morgan fingerprint density at radius 3 is 2.73 bits per heavy atom. The number of Topliss-reactive ketones (excluding diaryl/α,β-unsaturated/α-hetero) is 1. The Labute approximate surface area is 90.5 Å². The van der Waals surface area contributed by atoms with Gasteiger partial charge in [0.2, 0.25) is 0 Å². The van der Waals surface area contributed by atoms with Gasteiger partial charge in [-0.2, -0.15) is 5.26 Å². The van der Waals surface area contributed by atoms with Crippen molar-refractivity contribution in [1.29, 1.82) is 5.26 Å². The Balaban J connectivity index is 2.70. The zero-order chi connectivity index (χ0) is 11.3. The molecule has 0 heterocycles. The molecule has 0 N–H and O–H groups in total. The third kappa shape index (κ3) is 3.21. The van der Waals surface area contributed by atoms with Crippen LogP contribution in [-0.2, 0) is 4.79 Å². The molecular weight excluding hydrogens is 186 g/mol. The number of hydrogen-bond acceptors (Lipinski definition) is 2. The highest BCUT2D eigenvalue weighted by atomic mass is 16.1. The third-order valence-corrected chi connectivity index (χ3v) is 2.53. The number of nitrogens with zero attached hydrogens (tertiary/aromatic N) is 1. The van der Waals surface area contributed by atoms with E-state index in [9.17, 15) is 4.79 Å². The Hall–Kier alpha value is -1.62. The summed E-state index contributed by atoms with van der Waals surface area (Å²) in [7, 11) is 0. The second-order valence-corrected chi connectivity index (χ2v) is 3.84. The van der Waals surface area contributed by atoms with E-state index < -0.39 is 0 Å². The first-order valence-corrected chi connectivity index (χ1v) is 5.09. The van der Waals surface area contributed by atoms with Crippen molar-refractivity contribution in [1.82, 2.24) is 0 Å². The first-order chi connectivity index (χ1) is 7.15. The Kier molecular flexibility index (Phi) is 4.05. The van der Waals surface area contributed by atoms with Gasteiger partial charge in [-0.1, -0.05) is 31.2 Å². The fourth-order valence-corrected chi connectivity index (χ4v) is 1.75. The number of aryl methyl sites for hydroxylation is 1. The molecule has 0 fully saturated rings. The molecule has 2 nitrogen and oxygen atoms in total. The van der Waals surface area contributed by atoms with Crippen LogP contribution < -0.4 is 0 Å². The lowest BCUT2D eigenvalue weighted by atomic mass is 9.92. The molecule has 0 saturated carbocycles. The molecule has 1 unspecified atom stereocenters. The Morgan fingerprint density at radius 2 is 2.13 bits per heavy atom. The Morgan fingerprint density at radius 1 is 1.47 bits per heavy atom. The predicted molar refractivity (Wildman–Crippen MR) is 59.4 cm³/mol. The van der Waals surface area contributed by atoms with Crippen molar-refractivity contribution in [3.8, 4) is 6.07 Å². The van der Waals surface area contributed by atoms with Crippen molar-refractivity contribution < 1.29 is 4.79 Å². The maximum Gasteiger partial charge on any atom is 0.147 e. The summed E-state index contributed by atoms with van der Waals surface area (Å²) in [5.74, 6) is 0.223. The lowest BCUT2D eigenvalue weighted by Gasteiger charge is -2.12. The molecule has 1 aromatic rings. The molecular formula is C13H15NO. The second kappa shape index (κ2) is 5.31. The SMILES string of the molecule is Cc1ccccc1C(C)CC(=O)CC#N. The highest BCUT2D eigenvalue weighted by Crippen LogP contribution is 2.22. The summed E-state index contributed by atoms with van der Waals surface area (Å²) in [4.78, 5) is 11.3. The molecule has 0 aliphatic carbocycles. The minimum atomic E-state index is 0.0215. The fraction of sp³-hybridized carbons (Fsp3) is 0.385. The number of ketones is 1. The predicted octanol–water partition coefficient (Wildman–Crippen LogP) is 2.97. The topological polar surface area (TPSA) is 40.9 Å². The van der Waals surface area contributed by atoms with E-state index in [0.717, 1.165) is 0 Å². The van der Waals surface area contributed by atoms with E-state index in [1.54, 1.807) is 0 Å². The molecule has 0 amide bonds. The lowest BCUT2D eigenvalue weighted by molar-refractivity contribution is -0.118. The molecule has 0 spiro atoms. The third-order valence-electron chi connectivity index (χ3n) is 2.53. The minimum absolute atomic E-state index is 0.0215. The zero-order valence-electron chi connectivity index (χ0n) is 9.16. The maximum absolute atomic E-state index is 11.3. The van der Waals surface area contributed by atoms with E-state index >= 15 is 0 Å². The summed E-state index contributed by atoms with van der Waals surface area (Å²) < 4.78 is 0. The van der Waals surface area contributed by atoms with E-state index in [4.69, 9.17) is 5.26 Å². The molecule has 1 rings (SSSR count). The average Bonchev–Trinajstić information content (AvgIpc) is 2.18. The molecule has 0 aliphatic heterocycles. The van der Waals surface area contributed by atoms with Crippen LogP contribution in [-0.4, -0.2) is 5.78 Å². The molecule has 78 valence electrons. The van der Waals surface area contributed by atoms with E-state index in [1.807, 2.05) is 44.2 Å². The standard InChI is InChI=1S/C13H15NO/c1-10-5-3-4-6-13(10)11(2)9-12(15)7-8-14/h3-6,11H,7,9H2,1-2H3. The van der Waals surface area contributed by atoms with Gasteiger partial charge in [-0.05, 0) is 24.0 Å². The van der Waals surface area contributed by atoms with Crippen LogP contribution in [0.4, 0.5) is 0 Å². The number of nitriles is 1. The molecule has 0 radical (unpaired) electrons. The molecule has 15 heavy (non-hydrogen) atoms. The van der Waals surface area contributed by atoms with Gasteiger partial charge in [0.05, 0.1) is 12.5 Å². The van der Waals surface area contributed by atoms with Crippen LogP contribution in [0.2, 0.25) is 0 Å². The largest absolute Gasteiger partial charge is 0.299 e. The van der Waals surface area contributed by atoms with Gasteiger partial charge in [-0.3, -0.25) is 4.79 Å². The van der Waals surface area contributed by atoms with Crippen LogP contribution in [0.25, 0.3) is 0 Å². The minimum Gasteiger partial charge on any atom is -0.299 e. The van der Waals surface area contributed by atoms with Crippen LogP contribution in [0.3, 0.4) is 0 Å². The summed E-state index contributed by atoms with van der Waals surface area (Å²) in [6.45, 7) is 4.07. The van der Waals surface area contributed by atoms with Crippen molar-refractivity contribution >= 4 is 5.78 Å². The molecule has 0 saturated heterocycles. The van der Waals surface area contributed by atoms with Crippen LogP contribution in [0.1, 0.15) is 36.8 Å². The van der Waals surface area contributed by atoms with Gasteiger partial charge in [0.25, 0.3) is 0 Å². The van der Waals surface area contributed by atoms with Gasteiger partial charge in [0, 0.05) is 6.42 Å². The normalized spacial score (nSPS) is 11.8. The number of rotatable bonds is 4. The van der Waals surface area contributed by atoms with Crippen molar-refractivity contribution in [2.24, 2.45) is 0 Å². The summed E-state index contributed by atoms with van der Waals surface area (Å²) >= 11 is 0. The van der Waals surface area contributed by atoms with Crippen LogP contribution >= 0.6 is 0 Å². The van der Waals surface area contributed by atoms with Crippen molar-refractivity contribution in [2.45, 2.75) is 32.6 Å². The van der Waals surface area contributed by atoms with E-state index in [2.05, 4.69) is 0 Å². The molecule has 0 bridgehead atoms. The molecule has 2 heteroatoms. The van der Waals surface area contributed by atoms with Gasteiger partial charge in [0.1, 0.15) is 5.78 Å². The second-order valence-electron chi connectivity index (χ2n) is 3.84. The number of benzene rings is 1. The van der Waals surface area contributed by atoms with Gasteiger partial charge in [0.15, 0.2) is 0 Å². The quantitative estimate of drug-likeness (QED) is 0.751. The van der Waals surface area contributed by atoms with Crippen molar-refractivity contribution in [3.05, 3.63) is 35.4 Å². The summed E-state index contributed by atoms with van der Waals surface area (Å²) in [5.41, 5.74) is 2.40. The Bertz CT molecular complexity index is 390. The highest BCUT2D eigenvalue weighted by Gasteiger charge is 2.12. The lowest BCUT2D eigenvalue weighted by Crippen LogP contribution is -2.04. The molecule has 0 aromatic heterocycles. The van der Waals surface area contributed by atoms with E-state index in [-0.39, 0.29) is 18.1 Å². The number of hydrogen-bond donors (Lipinski definition) is 0. The van der Waals surface area contributed by atoms with Gasteiger partial charge in [-0.15, -0.1) is 0 Å². The molecule has 1 atom stereocenters. The van der Waals surface area contributed by atoms with Gasteiger partial charge >= 0.3 is 0 Å². The van der Waals surface area contributed by atoms with Crippen molar-refractivity contribution in [2.75, 3.05) is 0 Å². The zero-order valence-corrected chi connectivity index (χ0v) is 9.16. The fourth-order valence-electron chi connectivity index (χ4n) is 1.75. The number of carbonyl (C=O) groups is 1. The van der Waals surface area contributed by atoms with Crippen LogP contribution in [0.5, 0.6) is 0 Å². The summed E-state index contributed by atoms with van der Waals surface area (Å²) in [5, 5.41) is 8.40. The first kappa shape index (κ1) is 11.5. The smallest absolute Gasteiger partial charge is 0.147 e. The van der Waals surface area contributed by atoms with Gasteiger partial charge < -0.3 is 0 Å². The summed E-state index contributed by atoms with van der Waals surface area (Å²) in [6, 6.07) is 9.94. The van der Waals surface area contributed by atoms with Crippen LogP contribution in [0.15, 0.2) is 24.3 Å². The monoisotopic (exact) mass is 201 g/mol. The van der Waals surface area contributed by atoms with Gasteiger partial charge in [-0.25, -0.2) is 0 Å². The van der Waals surface area contributed by atoms with Crippen LogP contribution in [0, 0.1) is 18.3 Å². The summed E-state index contributed by atoms with van der Waals surface area (Å²) in [6.07, 6.45) is 0.481. The first-order valence-electron chi connectivity index (χ1n) is 5.09.